The Kier molecular flexibility index (Phi) is 4.84. The van der Waals surface area contributed by atoms with Crippen LogP contribution in [0.1, 0.15) is 25.5 Å². The largest absolute Gasteiger partial charge is 0.439 e. The van der Waals surface area contributed by atoms with Gasteiger partial charge in [0.1, 0.15) is 5.75 Å². The Morgan fingerprint density at radius 3 is 2.81 bits per heavy atom. The van der Waals surface area contributed by atoms with Gasteiger partial charge in [-0.2, -0.15) is 0 Å². The molecule has 6 heteroatoms. The number of aromatic nitrogens is 1. The van der Waals surface area contributed by atoms with Crippen LogP contribution in [0.2, 0.25) is 0 Å². The summed E-state index contributed by atoms with van der Waals surface area (Å²) in [6.45, 7) is 4.98. The molecule has 0 aliphatic carbocycles. The molecule has 0 fully saturated rings. The summed E-state index contributed by atoms with van der Waals surface area (Å²) < 4.78 is 5.53. The Morgan fingerprint density at radius 2 is 2.19 bits per heavy atom. The predicted octanol–water partition coefficient (Wildman–Crippen LogP) is 3.45. The average molecular weight is 287 g/mol. The Morgan fingerprint density at radius 1 is 1.38 bits per heavy atom. The number of nitrogens with zero attached hydrogens (tertiary/aromatic N) is 2. The molecule has 2 rings (SSSR count). The average Bonchev–Trinajstić information content (AvgIpc) is 2.48. The Balaban J connectivity index is 2.10. The molecule has 0 bridgehead atoms. The normalized spacial score (nSPS) is 11.9. The highest BCUT2D eigenvalue weighted by Gasteiger charge is 2.08. The minimum Gasteiger partial charge on any atom is -0.439 e. The van der Waals surface area contributed by atoms with Gasteiger partial charge < -0.3 is 10.1 Å². The van der Waals surface area contributed by atoms with Crippen molar-refractivity contribution in [1.29, 1.82) is 0 Å². The first-order valence-electron chi connectivity index (χ1n) is 6.71. The second-order valence-electron chi connectivity index (χ2n) is 4.57. The molecule has 1 aromatic heterocycles. The molecule has 0 spiro atoms. The lowest BCUT2D eigenvalue weighted by Gasteiger charge is -2.12. The van der Waals surface area contributed by atoms with Crippen LogP contribution in [-0.2, 0) is 0 Å². The molecule has 0 aliphatic rings. The zero-order chi connectivity index (χ0) is 15.2. The number of benzene rings is 1. The molecule has 1 atom stereocenters. The highest BCUT2D eigenvalue weighted by Crippen LogP contribution is 2.24. The van der Waals surface area contributed by atoms with E-state index in [9.17, 15) is 10.1 Å². The van der Waals surface area contributed by atoms with Crippen molar-refractivity contribution in [3.8, 4) is 11.6 Å². The molecule has 1 heterocycles. The summed E-state index contributed by atoms with van der Waals surface area (Å²) in [6, 6.07) is 9.92. The van der Waals surface area contributed by atoms with Gasteiger partial charge in [0.2, 0.25) is 5.88 Å². The second-order valence-corrected chi connectivity index (χ2v) is 4.57. The Labute approximate surface area is 122 Å². The van der Waals surface area contributed by atoms with Crippen molar-refractivity contribution in [2.24, 2.45) is 0 Å². The Hall–Kier alpha value is -2.47. The maximum Gasteiger partial charge on any atom is 0.273 e. The van der Waals surface area contributed by atoms with E-state index in [-0.39, 0.29) is 11.7 Å². The van der Waals surface area contributed by atoms with Crippen LogP contribution in [-0.4, -0.2) is 16.5 Å². The minimum atomic E-state index is -0.457. The molecule has 1 aromatic carbocycles. The lowest BCUT2D eigenvalue weighted by molar-refractivity contribution is -0.384. The van der Waals surface area contributed by atoms with Gasteiger partial charge in [0.15, 0.2) is 0 Å². The highest BCUT2D eigenvalue weighted by atomic mass is 16.6. The lowest BCUT2D eigenvalue weighted by Crippen LogP contribution is -2.17. The molecule has 0 radical (unpaired) electrons. The van der Waals surface area contributed by atoms with Crippen LogP contribution in [0.4, 0.5) is 5.69 Å². The molecule has 0 saturated heterocycles. The summed E-state index contributed by atoms with van der Waals surface area (Å²) in [7, 11) is 0. The van der Waals surface area contributed by atoms with E-state index >= 15 is 0 Å². The number of nitro benzene ring substituents is 1. The van der Waals surface area contributed by atoms with Crippen molar-refractivity contribution in [3.05, 3.63) is 58.3 Å². The van der Waals surface area contributed by atoms with Gasteiger partial charge in [0.25, 0.3) is 5.69 Å². The van der Waals surface area contributed by atoms with Crippen molar-refractivity contribution in [2.45, 2.75) is 19.9 Å². The predicted molar refractivity (Wildman–Crippen MR) is 79.5 cm³/mol. The maximum atomic E-state index is 10.7. The summed E-state index contributed by atoms with van der Waals surface area (Å²) in [5.41, 5.74) is 1.05. The van der Waals surface area contributed by atoms with Gasteiger partial charge in [-0.1, -0.05) is 19.1 Å². The van der Waals surface area contributed by atoms with E-state index in [0.717, 1.165) is 12.1 Å². The standard InChI is InChI=1S/C15H17N3O3/c1-3-16-11(2)12-7-8-15(17-10-12)21-14-6-4-5-13(9-14)18(19)20/h4-11,16H,3H2,1-2H3. The van der Waals surface area contributed by atoms with E-state index in [1.54, 1.807) is 24.4 Å². The Bertz CT molecular complexity index is 614. The second kappa shape index (κ2) is 6.81. The molecule has 2 aromatic rings. The quantitative estimate of drug-likeness (QED) is 0.650. The van der Waals surface area contributed by atoms with Gasteiger partial charge >= 0.3 is 0 Å². The number of non-ortho nitro benzene ring substituents is 1. The molecule has 110 valence electrons. The molecule has 1 N–H and O–H groups in total. The summed E-state index contributed by atoms with van der Waals surface area (Å²) in [4.78, 5) is 14.5. The van der Waals surface area contributed by atoms with E-state index in [1.165, 1.54) is 12.1 Å². The van der Waals surface area contributed by atoms with Crippen LogP contribution >= 0.6 is 0 Å². The number of nitrogens with one attached hydrogen (secondary N) is 1. The van der Waals surface area contributed by atoms with E-state index in [2.05, 4.69) is 17.2 Å². The first-order chi connectivity index (χ1) is 10.1. The molecule has 1 unspecified atom stereocenters. The third-order valence-corrected chi connectivity index (χ3v) is 3.02. The number of rotatable bonds is 6. The number of ether oxygens (including phenoxy) is 1. The summed E-state index contributed by atoms with van der Waals surface area (Å²) >= 11 is 0. The number of nitro groups is 1. The molecular formula is C15H17N3O3. The third-order valence-electron chi connectivity index (χ3n) is 3.02. The van der Waals surface area contributed by atoms with Gasteiger partial charge in [0, 0.05) is 24.4 Å². The van der Waals surface area contributed by atoms with Crippen LogP contribution < -0.4 is 10.1 Å². The van der Waals surface area contributed by atoms with Gasteiger partial charge in [-0.25, -0.2) is 4.98 Å². The van der Waals surface area contributed by atoms with Crippen molar-refractivity contribution in [2.75, 3.05) is 6.54 Å². The van der Waals surface area contributed by atoms with Crippen molar-refractivity contribution >= 4 is 5.69 Å². The van der Waals surface area contributed by atoms with Crippen LogP contribution in [0.5, 0.6) is 11.6 Å². The van der Waals surface area contributed by atoms with Gasteiger partial charge in [0.05, 0.1) is 11.0 Å². The first-order valence-corrected chi connectivity index (χ1v) is 6.71. The van der Waals surface area contributed by atoms with Crippen LogP contribution in [0.15, 0.2) is 42.6 Å². The minimum absolute atomic E-state index is 0.00936. The zero-order valence-corrected chi connectivity index (χ0v) is 11.9. The SMILES string of the molecule is CCNC(C)c1ccc(Oc2cccc([N+](=O)[O-])c2)nc1. The third kappa shape index (κ3) is 4.00. The summed E-state index contributed by atoms with van der Waals surface area (Å²) in [5.74, 6) is 0.798. The van der Waals surface area contributed by atoms with E-state index in [1.807, 2.05) is 13.0 Å². The van der Waals surface area contributed by atoms with Crippen molar-refractivity contribution < 1.29 is 9.66 Å². The van der Waals surface area contributed by atoms with Gasteiger partial charge in [-0.3, -0.25) is 10.1 Å². The monoisotopic (exact) mass is 287 g/mol. The van der Waals surface area contributed by atoms with Gasteiger partial charge in [-0.15, -0.1) is 0 Å². The molecule has 21 heavy (non-hydrogen) atoms. The van der Waals surface area contributed by atoms with Gasteiger partial charge in [-0.05, 0) is 25.1 Å². The number of pyridine rings is 1. The molecule has 6 nitrogen and oxygen atoms in total. The van der Waals surface area contributed by atoms with Crippen LogP contribution in [0, 0.1) is 10.1 Å². The highest BCUT2D eigenvalue weighted by molar-refractivity contribution is 5.39. The van der Waals surface area contributed by atoms with Crippen LogP contribution in [0.25, 0.3) is 0 Å². The zero-order valence-electron chi connectivity index (χ0n) is 11.9. The fourth-order valence-corrected chi connectivity index (χ4v) is 1.91. The summed E-state index contributed by atoms with van der Waals surface area (Å²) in [6.07, 6.45) is 1.74. The van der Waals surface area contributed by atoms with E-state index in [0.29, 0.717) is 11.6 Å². The molecule has 0 aliphatic heterocycles. The molecular weight excluding hydrogens is 270 g/mol. The van der Waals surface area contributed by atoms with Crippen molar-refractivity contribution in [1.82, 2.24) is 10.3 Å². The maximum absolute atomic E-state index is 10.7. The molecule has 0 saturated carbocycles. The lowest BCUT2D eigenvalue weighted by atomic mass is 10.1. The smallest absolute Gasteiger partial charge is 0.273 e. The first kappa shape index (κ1) is 14.9. The van der Waals surface area contributed by atoms with Crippen molar-refractivity contribution in [3.63, 3.8) is 0 Å². The van der Waals surface area contributed by atoms with E-state index < -0.39 is 4.92 Å². The van der Waals surface area contributed by atoms with Crippen LogP contribution in [0.3, 0.4) is 0 Å². The number of hydrogen-bond acceptors (Lipinski definition) is 5. The fourth-order valence-electron chi connectivity index (χ4n) is 1.91. The number of hydrogen-bond donors (Lipinski definition) is 1. The molecule has 0 amide bonds. The summed E-state index contributed by atoms with van der Waals surface area (Å²) in [5, 5.41) is 14.0. The fraction of sp³-hybridized carbons (Fsp3) is 0.267. The van der Waals surface area contributed by atoms with E-state index in [4.69, 9.17) is 4.74 Å². The topological polar surface area (TPSA) is 77.3 Å².